The summed E-state index contributed by atoms with van der Waals surface area (Å²) < 4.78 is 90.3. The molecule has 0 aromatic heterocycles. The van der Waals surface area contributed by atoms with Gasteiger partial charge in [0.15, 0.2) is 0 Å². The number of carbonyl (C=O) groups is 1. The average Bonchev–Trinajstić information content (AvgIpc) is 3.18. The molecule has 41 heavy (non-hydrogen) atoms. The van der Waals surface area contributed by atoms with Gasteiger partial charge in [0.05, 0.1) is 22.8 Å². The van der Waals surface area contributed by atoms with Gasteiger partial charge in [0.2, 0.25) is 0 Å². The molecule has 0 amide bonds. The normalized spacial score (nSPS) is 23.0. The van der Waals surface area contributed by atoms with E-state index in [4.69, 9.17) is 9.47 Å². The zero-order valence-electron chi connectivity index (χ0n) is 22.0. The van der Waals surface area contributed by atoms with E-state index in [1.165, 1.54) is 0 Å². The zero-order chi connectivity index (χ0) is 29.3. The minimum atomic E-state index is -4.99. The van der Waals surface area contributed by atoms with Crippen molar-refractivity contribution in [2.75, 3.05) is 6.61 Å². The molecular weight excluding hydrogens is 548 g/mol. The van der Waals surface area contributed by atoms with Crippen LogP contribution in [0.1, 0.15) is 53.5 Å². The molecule has 4 nitrogen and oxygen atoms in total. The number of esters is 1. The van der Waals surface area contributed by atoms with Crippen LogP contribution in [0, 0.1) is 0 Å². The van der Waals surface area contributed by atoms with Crippen LogP contribution in [-0.2, 0) is 45.3 Å². The molecule has 218 valence electrons. The maximum absolute atomic E-state index is 13.2. The number of nitrogens with zero attached hydrogens (tertiary/aromatic N) is 1. The molecule has 0 unspecified atom stereocenters. The van der Waals surface area contributed by atoms with Crippen molar-refractivity contribution >= 4 is 5.97 Å². The summed E-state index contributed by atoms with van der Waals surface area (Å²) in [6.07, 6.45) is -7.00. The summed E-state index contributed by atoms with van der Waals surface area (Å²) in [7, 11) is 0. The van der Waals surface area contributed by atoms with Crippen LogP contribution in [0.3, 0.4) is 0 Å². The van der Waals surface area contributed by atoms with Crippen LogP contribution in [-0.4, -0.2) is 29.6 Å². The Hall–Kier alpha value is -3.37. The molecule has 2 aliphatic rings. The van der Waals surface area contributed by atoms with Crippen LogP contribution in [0.4, 0.5) is 26.3 Å². The third kappa shape index (κ3) is 6.28. The molecule has 3 aromatic carbocycles. The number of piperidine rings is 1. The van der Waals surface area contributed by atoms with Crippen molar-refractivity contribution in [3.8, 4) is 0 Å². The van der Waals surface area contributed by atoms with Crippen molar-refractivity contribution in [1.29, 1.82) is 0 Å². The number of hydrogen-bond acceptors (Lipinski definition) is 4. The molecule has 2 bridgehead atoms. The van der Waals surface area contributed by atoms with E-state index in [0.717, 1.165) is 30.4 Å². The maximum atomic E-state index is 13.2. The maximum Gasteiger partial charge on any atom is 0.416 e. The smallest absolute Gasteiger partial charge is 0.416 e. The fraction of sp³-hybridized carbons (Fsp3) is 0.387. The van der Waals surface area contributed by atoms with Gasteiger partial charge in [-0.05, 0) is 60.6 Å². The van der Waals surface area contributed by atoms with Crippen molar-refractivity contribution in [2.45, 2.75) is 68.9 Å². The summed E-state index contributed by atoms with van der Waals surface area (Å²) in [4.78, 5) is 15.1. The SMILES string of the molecule is O=C(CO[C@@H]1CC[C@H]2CC[C@]1(c1ccccc1)N2Cc1ccccc1)OCc1cc(C(F)(F)F)cc(C(F)(F)F)c1. The Morgan fingerprint density at radius 2 is 1.41 bits per heavy atom. The minimum absolute atomic E-state index is 0.0383. The molecule has 0 spiro atoms. The minimum Gasteiger partial charge on any atom is -0.459 e. The molecule has 0 radical (unpaired) electrons. The Morgan fingerprint density at radius 3 is 2.02 bits per heavy atom. The lowest BCUT2D eigenvalue weighted by atomic mass is 9.78. The Balaban J connectivity index is 1.31. The topological polar surface area (TPSA) is 38.8 Å². The number of hydrogen-bond donors (Lipinski definition) is 0. The van der Waals surface area contributed by atoms with Crippen molar-refractivity contribution in [1.82, 2.24) is 4.90 Å². The molecule has 10 heteroatoms. The Labute approximate surface area is 233 Å². The van der Waals surface area contributed by atoms with E-state index in [0.29, 0.717) is 31.1 Å². The Bertz CT molecular complexity index is 1310. The standard InChI is InChI=1S/C31H29F6NO3/c32-30(33,34)24-15-22(16-25(17-24)31(35,36)37)19-41-28(39)20-40-27-12-11-26-13-14-29(27,23-9-5-2-6-10-23)38(26)18-21-7-3-1-4-8-21/h1-10,15-17,26-27H,11-14,18-20H2/t26-,27+,29+/m0/s1. The highest BCUT2D eigenvalue weighted by Crippen LogP contribution is 2.52. The van der Waals surface area contributed by atoms with Crippen LogP contribution in [0.5, 0.6) is 0 Å². The first-order valence-electron chi connectivity index (χ1n) is 13.4. The lowest BCUT2D eigenvalue weighted by Crippen LogP contribution is -2.56. The zero-order valence-corrected chi connectivity index (χ0v) is 22.0. The van der Waals surface area contributed by atoms with Gasteiger partial charge in [-0.25, -0.2) is 4.79 Å². The number of fused-ring (bicyclic) bond motifs is 2. The van der Waals surface area contributed by atoms with Gasteiger partial charge in [0.25, 0.3) is 0 Å². The third-order valence-electron chi connectivity index (χ3n) is 8.03. The number of alkyl halides is 6. The first kappa shape index (κ1) is 29.1. The monoisotopic (exact) mass is 577 g/mol. The molecule has 2 saturated heterocycles. The van der Waals surface area contributed by atoms with Gasteiger partial charge in [0.1, 0.15) is 13.2 Å². The number of ether oxygens (including phenoxy) is 2. The van der Waals surface area contributed by atoms with Gasteiger partial charge in [-0.3, -0.25) is 4.90 Å². The van der Waals surface area contributed by atoms with Gasteiger partial charge >= 0.3 is 18.3 Å². The molecule has 2 heterocycles. The first-order chi connectivity index (χ1) is 19.5. The number of halogens is 6. The van der Waals surface area contributed by atoms with Gasteiger partial charge in [0, 0.05) is 12.6 Å². The summed E-state index contributed by atoms with van der Waals surface area (Å²) >= 11 is 0. The fourth-order valence-corrected chi connectivity index (χ4v) is 6.21. The summed E-state index contributed by atoms with van der Waals surface area (Å²) in [6, 6.07) is 21.5. The van der Waals surface area contributed by atoms with Crippen LogP contribution < -0.4 is 0 Å². The van der Waals surface area contributed by atoms with E-state index in [2.05, 4.69) is 17.0 Å². The van der Waals surface area contributed by atoms with Gasteiger partial charge in [-0.15, -0.1) is 0 Å². The van der Waals surface area contributed by atoms with Gasteiger partial charge < -0.3 is 9.47 Å². The summed E-state index contributed by atoms with van der Waals surface area (Å²) in [5, 5.41) is 0. The van der Waals surface area contributed by atoms with E-state index < -0.39 is 53.8 Å². The molecule has 3 atom stereocenters. The second-order valence-corrected chi connectivity index (χ2v) is 10.5. The van der Waals surface area contributed by atoms with Crippen LogP contribution in [0.25, 0.3) is 0 Å². The highest BCUT2D eigenvalue weighted by molar-refractivity contribution is 5.70. The molecule has 3 aromatic rings. The molecule has 0 aliphatic carbocycles. The van der Waals surface area contributed by atoms with E-state index in [1.54, 1.807) is 0 Å². The highest BCUT2D eigenvalue weighted by atomic mass is 19.4. The van der Waals surface area contributed by atoms with Crippen molar-refractivity contribution in [2.24, 2.45) is 0 Å². The summed E-state index contributed by atoms with van der Waals surface area (Å²) in [6.45, 7) is -0.526. The Morgan fingerprint density at radius 1 is 0.805 bits per heavy atom. The largest absolute Gasteiger partial charge is 0.459 e. The summed E-state index contributed by atoms with van der Waals surface area (Å²) in [5.41, 5.74) is -1.61. The molecule has 2 fully saturated rings. The predicted molar refractivity (Wildman–Crippen MR) is 138 cm³/mol. The second kappa shape index (κ2) is 11.5. The lowest BCUT2D eigenvalue weighted by molar-refractivity contribution is -0.160. The second-order valence-electron chi connectivity index (χ2n) is 10.5. The number of carbonyl (C=O) groups excluding carboxylic acids is 1. The van der Waals surface area contributed by atoms with Crippen molar-refractivity contribution < 1.29 is 40.6 Å². The highest BCUT2D eigenvalue weighted by Gasteiger charge is 2.55. The van der Waals surface area contributed by atoms with Crippen molar-refractivity contribution in [3.63, 3.8) is 0 Å². The van der Waals surface area contributed by atoms with Crippen LogP contribution >= 0.6 is 0 Å². The fourth-order valence-electron chi connectivity index (χ4n) is 6.21. The van der Waals surface area contributed by atoms with Crippen molar-refractivity contribution in [3.05, 3.63) is 107 Å². The number of benzene rings is 3. The van der Waals surface area contributed by atoms with Gasteiger partial charge in [-0.2, -0.15) is 26.3 Å². The van der Waals surface area contributed by atoms with Gasteiger partial charge in [-0.1, -0.05) is 60.7 Å². The third-order valence-corrected chi connectivity index (χ3v) is 8.03. The quantitative estimate of drug-likeness (QED) is 0.205. The number of rotatable bonds is 8. The average molecular weight is 578 g/mol. The van der Waals surface area contributed by atoms with E-state index in [9.17, 15) is 31.1 Å². The molecule has 0 N–H and O–H groups in total. The first-order valence-corrected chi connectivity index (χ1v) is 13.4. The van der Waals surface area contributed by atoms with Crippen LogP contribution in [0.15, 0.2) is 78.9 Å². The Kier molecular flexibility index (Phi) is 8.16. The van der Waals surface area contributed by atoms with E-state index >= 15 is 0 Å². The molecule has 0 saturated carbocycles. The lowest BCUT2D eigenvalue weighted by Gasteiger charge is -2.50. The molecule has 5 rings (SSSR count). The molecule has 2 aliphatic heterocycles. The van der Waals surface area contributed by atoms with Crippen LogP contribution in [0.2, 0.25) is 0 Å². The molecular formula is C31H29F6NO3. The van der Waals surface area contributed by atoms with E-state index in [1.807, 2.05) is 48.5 Å². The predicted octanol–water partition coefficient (Wildman–Crippen LogP) is 7.51. The summed E-state index contributed by atoms with van der Waals surface area (Å²) in [5.74, 6) is -0.867. The van der Waals surface area contributed by atoms with E-state index in [-0.39, 0.29) is 12.2 Å².